The smallest absolute Gasteiger partial charge is 0.293 e. The Bertz CT molecular complexity index is 651. The predicted molar refractivity (Wildman–Crippen MR) is 85.2 cm³/mol. The second-order valence-electron chi connectivity index (χ2n) is 5.13. The summed E-state index contributed by atoms with van der Waals surface area (Å²) in [7, 11) is 1.88. The van der Waals surface area contributed by atoms with Crippen LogP contribution in [0.15, 0.2) is 41.5 Å². The van der Waals surface area contributed by atoms with E-state index < -0.39 is 0 Å². The van der Waals surface area contributed by atoms with Gasteiger partial charge in [-0.2, -0.15) is 0 Å². The maximum Gasteiger partial charge on any atom is 0.293 e. The Balaban J connectivity index is 2.22. The molecule has 0 unspecified atom stereocenters. The first-order valence-corrected chi connectivity index (χ1v) is 7.20. The van der Waals surface area contributed by atoms with Gasteiger partial charge in [0.2, 0.25) is 0 Å². The minimum absolute atomic E-state index is 0.0446. The summed E-state index contributed by atoms with van der Waals surface area (Å²) in [5, 5.41) is 0. The number of benzene rings is 1. The van der Waals surface area contributed by atoms with Crippen molar-refractivity contribution in [2.75, 3.05) is 11.9 Å². The van der Waals surface area contributed by atoms with Gasteiger partial charge in [0.1, 0.15) is 0 Å². The third kappa shape index (κ3) is 3.70. The second-order valence-corrected chi connectivity index (χ2v) is 5.13. The van der Waals surface area contributed by atoms with Crippen molar-refractivity contribution in [3.63, 3.8) is 0 Å². The lowest BCUT2D eigenvalue weighted by Gasteiger charge is -2.18. The first-order chi connectivity index (χ1) is 10.2. The van der Waals surface area contributed by atoms with E-state index in [4.69, 9.17) is 5.73 Å². The Morgan fingerprint density at radius 1 is 1.33 bits per heavy atom. The molecule has 0 saturated heterocycles. The van der Waals surface area contributed by atoms with Crippen LogP contribution in [-0.2, 0) is 19.6 Å². The summed E-state index contributed by atoms with van der Waals surface area (Å²) >= 11 is 0. The van der Waals surface area contributed by atoms with Crippen LogP contribution in [0, 0.1) is 0 Å². The van der Waals surface area contributed by atoms with E-state index in [1.54, 1.807) is 17.0 Å². The van der Waals surface area contributed by atoms with Crippen LogP contribution in [-0.4, -0.2) is 16.6 Å². The predicted octanol–water partition coefficient (Wildman–Crippen LogP) is 1.75. The molecule has 0 radical (unpaired) electrons. The van der Waals surface area contributed by atoms with E-state index in [1.807, 2.05) is 30.1 Å². The van der Waals surface area contributed by atoms with E-state index in [0.717, 1.165) is 17.5 Å². The van der Waals surface area contributed by atoms with Crippen molar-refractivity contribution >= 4 is 5.82 Å². The van der Waals surface area contributed by atoms with E-state index in [9.17, 15) is 4.79 Å². The van der Waals surface area contributed by atoms with Crippen LogP contribution in [0.2, 0.25) is 0 Å². The van der Waals surface area contributed by atoms with Gasteiger partial charge in [0.25, 0.3) is 5.56 Å². The van der Waals surface area contributed by atoms with Crippen molar-refractivity contribution in [1.29, 1.82) is 0 Å². The quantitative estimate of drug-likeness (QED) is 0.878. The van der Waals surface area contributed by atoms with Crippen LogP contribution in [0.1, 0.15) is 24.5 Å². The summed E-state index contributed by atoms with van der Waals surface area (Å²) in [5.41, 5.74) is 7.82. The molecular formula is C16H22N4O. The second kappa shape index (κ2) is 7.04. The molecular weight excluding hydrogens is 264 g/mol. The fourth-order valence-electron chi connectivity index (χ4n) is 2.32. The number of hydrogen-bond donors (Lipinski definition) is 1. The van der Waals surface area contributed by atoms with Crippen molar-refractivity contribution in [3.8, 4) is 0 Å². The van der Waals surface area contributed by atoms with Gasteiger partial charge < -0.3 is 15.2 Å². The van der Waals surface area contributed by atoms with Crippen LogP contribution in [0.3, 0.4) is 0 Å². The number of aromatic nitrogens is 2. The Hall–Kier alpha value is -2.14. The fourth-order valence-corrected chi connectivity index (χ4v) is 2.32. The fraction of sp³-hybridized carbons (Fsp3) is 0.375. The van der Waals surface area contributed by atoms with Crippen molar-refractivity contribution < 1.29 is 0 Å². The Labute approximate surface area is 125 Å². The molecule has 1 aromatic carbocycles. The molecule has 21 heavy (non-hydrogen) atoms. The summed E-state index contributed by atoms with van der Waals surface area (Å²) in [6, 6.07) is 8.07. The molecule has 0 amide bonds. The number of hydrogen-bond acceptors (Lipinski definition) is 4. The van der Waals surface area contributed by atoms with Crippen molar-refractivity contribution in [3.05, 3.63) is 58.1 Å². The molecule has 0 aliphatic carbocycles. The molecule has 2 N–H and O–H groups in total. The average Bonchev–Trinajstić information content (AvgIpc) is 2.49. The number of rotatable bonds is 6. The molecule has 0 aliphatic rings. The van der Waals surface area contributed by atoms with Gasteiger partial charge in [-0.05, 0) is 17.5 Å². The van der Waals surface area contributed by atoms with E-state index in [1.165, 1.54) is 0 Å². The van der Waals surface area contributed by atoms with Gasteiger partial charge in [0.15, 0.2) is 5.82 Å². The number of anilines is 1. The lowest BCUT2D eigenvalue weighted by Crippen LogP contribution is -2.30. The minimum Gasteiger partial charge on any atom is -0.351 e. The summed E-state index contributed by atoms with van der Waals surface area (Å²) in [4.78, 5) is 18.5. The maximum absolute atomic E-state index is 12.4. The van der Waals surface area contributed by atoms with E-state index in [2.05, 4.69) is 18.0 Å². The van der Waals surface area contributed by atoms with Gasteiger partial charge in [0.05, 0.1) is 0 Å². The first-order valence-electron chi connectivity index (χ1n) is 7.20. The molecule has 0 bridgehead atoms. The molecule has 0 spiro atoms. The zero-order chi connectivity index (χ0) is 15.2. The highest BCUT2D eigenvalue weighted by molar-refractivity contribution is 5.36. The molecule has 2 aromatic rings. The van der Waals surface area contributed by atoms with Crippen molar-refractivity contribution in [2.24, 2.45) is 5.73 Å². The van der Waals surface area contributed by atoms with Gasteiger partial charge in [-0.15, -0.1) is 0 Å². The van der Waals surface area contributed by atoms with Crippen LogP contribution in [0.5, 0.6) is 0 Å². The maximum atomic E-state index is 12.4. The largest absolute Gasteiger partial charge is 0.351 e. The zero-order valence-electron chi connectivity index (χ0n) is 12.6. The standard InChI is InChI=1S/C16H22N4O/c1-3-8-20-9-7-18-15(16(20)21)19(2)12-14-6-4-5-13(10-14)11-17/h4-7,9-10H,3,8,11-12,17H2,1-2H3. The molecule has 112 valence electrons. The van der Waals surface area contributed by atoms with E-state index in [-0.39, 0.29) is 5.56 Å². The third-order valence-electron chi connectivity index (χ3n) is 3.37. The summed E-state index contributed by atoms with van der Waals surface area (Å²) in [6.07, 6.45) is 4.34. The summed E-state index contributed by atoms with van der Waals surface area (Å²) < 4.78 is 1.70. The Morgan fingerprint density at radius 3 is 2.81 bits per heavy atom. The highest BCUT2D eigenvalue weighted by Gasteiger charge is 2.10. The van der Waals surface area contributed by atoms with Gasteiger partial charge in [-0.1, -0.05) is 31.2 Å². The van der Waals surface area contributed by atoms with Gasteiger partial charge in [0, 0.05) is 39.1 Å². The highest BCUT2D eigenvalue weighted by atomic mass is 16.1. The van der Waals surface area contributed by atoms with Crippen LogP contribution in [0.25, 0.3) is 0 Å². The monoisotopic (exact) mass is 286 g/mol. The van der Waals surface area contributed by atoms with Gasteiger partial charge in [-0.25, -0.2) is 4.98 Å². The van der Waals surface area contributed by atoms with Crippen LogP contribution >= 0.6 is 0 Å². The Kier molecular flexibility index (Phi) is 5.11. The number of nitrogens with two attached hydrogens (primary N) is 1. The topological polar surface area (TPSA) is 64.2 Å². The van der Waals surface area contributed by atoms with Gasteiger partial charge >= 0.3 is 0 Å². The zero-order valence-corrected chi connectivity index (χ0v) is 12.6. The average molecular weight is 286 g/mol. The summed E-state index contributed by atoms with van der Waals surface area (Å²) in [5.74, 6) is 0.476. The molecule has 0 aliphatic heterocycles. The Morgan fingerprint density at radius 2 is 2.10 bits per heavy atom. The molecule has 0 atom stereocenters. The first kappa shape index (κ1) is 15.3. The van der Waals surface area contributed by atoms with Gasteiger partial charge in [-0.3, -0.25) is 4.79 Å². The lowest BCUT2D eigenvalue weighted by atomic mass is 10.1. The SMILES string of the molecule is CCCn1ccnc(N(C)Cc2cccc(CN)c2)c1=O. The molecule has 5 nitrogen and oxygen atoms in total. The van der Waals surface area contributed by atoms with Crippen molar-refractivity contribution in [1.82, 2.24) is 9.55 Å². The van der Waals surface area contributed by atoms with Crippen LogP contribution < -0.4 is 16.2 Å². The molecule has 2 rings (SSSR count). The number of nitrogens with zero attached hydrogens (tertiary/aromatic N) is 3. The highest BCUT2D eigenvalue weighted by Crippen LogP contribution is 2.10. The third-order valence-corrected chi connectivity index (χ3v) is 3.37. The lowest BCUT2D eigenvalue weighted by molar-refractivity contribution is 0.644. The minimum atomic E-state index is -0.0446. The number of aryl methyl sites for hydroxylation is 1. The normalized spacial score (nSPS) is 10.6. The van der Waals surface area contributed by atoms with E-state index in [0.29, 0.717) is 25.5 Å². The van der Waals surface area contributed by atoms with E-state index >= 15 is 0 Å². The summed E-state index contributed by atoms with van der Waals surface area (Å²) in [6.45, 7) is 3.91. The molecule has 1 heterocycles. The molecule has 5 heteroatoms. The van der Waals surface area contributed by atoms with Crippen LogP contribution in [0.4, 0.5) is 5.82 Å². The molecule has 1 aromatic heterocycles. The molecule has 0 saturated carbocycles. The molecule has 0 fully saturated rings. The van der Waals surface area contributed by atoms with Crippen molar-refractivity contribution in [2.45, 2.75) is 33.0 Å².